The van der Waals surface area contributed by atoms with E-state index >= 15 is 0 Å². The van der Waals surface area contributed by atoms with Crippen LogP contribution in [0.3, 0.4) is 0 Å². The Bertz CT molecular complexity index is 512. The lowest BCUT2D eigenvalue weighted by molar-refractivity contribution is 0.199. The smallest absolute Gasteiger partial charge is 0.00985 e. The van der Waals surface area contributed by atoms with Crippen LogP contribution in [0.25, 0.3) is 0 Å². The normalized spacial score (nSPS) is 25.5. The highest BCUT2D eigenvalue weighted by Crippen LogP contribution is 2.43. The van der Waals surface area contributed by atoms with E-state index in [-0.39, 0.29) is 5.41 Å². The monoisotopic (exact) mass is 357 g/mol. The summed E-state index contributed by atoms with van der Waals surface area (Å²) < 4.78 is 0. The standard InChI is InChI=1S/C25H43N/c1-9-11-12-13-14-23(22(7)24-15-21(6)18-26-24)17-25(8,19(3)4)16-20(5)10-2/h9,11-13,21-24,26H,3,5,10,14-18H2,1-2,4,6-8H3/b11-9+,13-12-. The second-order valence-corrected chi connectivity index (χ2v) is 8.99. The van der Waals surface area contributed by atoms with Crippen molar-refractivity contribution in [3.63, 3.8) is 0 Å². The molecule has 1 N–H and O–H groups in total. The first-order valence-electron chi connectivity index (χ1n) is 10.6. The molecule has 1 nitrogen and oxygen atoms in total. The maximum atomic E-state index is 4.36. The van der Waals surface area contributed by atoms with Crippen molar-refractivity contribution in [2.24, 2.45) is 23.2 Å². The molecule has 148 valence electrons. The Balaban J connectivity index is 2.97. The van der Waals surface area contributed by atoms with Crippen LogP contribution < -0.4 is 5.32 Å². The Morgan fingerprint density at radius 1 is 1.31 bits per heavy atom. The number of allylic oxidation sites excluding steroid dienone is 6. The summed E-state index contributed by atoms with van der Waals surface area (Å²) in [6, 6.07) is 0.647. The molecule has 1 fully saturated rings. The Morgan fingerprint density at radius 2 is 2.00 bits per heavy atom. The number of rotatable bonds is 11. The highest BCUT2D eigenvalue weighted by Gasteiger charge is 2.35. The van der Waals surface area contributed by atoms with E-state index in [4.69, 9.17) is 0 Å². The highest BCUT2D eigenvalue weighted by atomic mass is 15.0. The molecule has 1 rings (SSSR count). The average Bonchev–Trinajstić information content (AvgIpc) is 3.03. The number of nitrogens with one attached hydrogen (secondary N) is 1. The lowest BCUT2D eigenvalue weighted by Gasteiger charge is -2.38. The molecule has 1 aliphatic rings. The SMILES string of the molecule is C=C(CC)CC(C)(CC(C/C=C\C=C\C)C(C)C1CC(C)CN1)C(=C)C. The third-order valence-electron chi connectivity index (χ3n) is 6.52. The van der Waals surface area contributed by atoms with Gasteiger partial charge < -0.3 is 5.32 Å². The lowest BCUT2D eigenvalue weighted by atomic mass is 9.67. The van der Waals surface area contributed by atoms with E-state index in [1.54, 1.807) is 0 Å². The summed E-state index contributed by atoms with van der Waals surface area (Å²) in [5.74, 6) is 2.13. The molecule has 0 aromatic carbocycles. The van der Waals surface area contributed by atoms with E-state index in [1.165, 1.54) is 30.5 Å². The average molecular weight is 358 g/mol. The maximum absolute atomic E-state index is 4.36. The van der Waals surface area contributed by atoms with E-state index < -0.39 is 0 Å². The fourth-order valence-corrected chi connectivity index (χ4v) is 4.26. The molecular weight excluding hydrogens is 314 g/mol. The summed E-state index contributed by atoms with van der Waals surface area (Å²) in [5.41, 5.74) is 2.79. The van der Waals surface area contributed by atoms with Crippen molar-refractivity contribution in [1.82, 2.24) is 5.32 Å². The molecule has 0 aromatic heterocycles. The summed E-state index contributed by atoms with van der Waals surface area (Å²) in [5, 5.41) is 3.78. The second-order valence-electron chi connectivity index (χ2n) is 8.99. The van der Waals surface area contributed by atoms with E-state index in [2.05, 4.69) is 84.3 Å². The van der Waals surface area contributed by atoms with E-state index in [0.717, 1.165) is 25.2 Å². The van der Waals surface area contributed by atoms with Crippen LogP contribution in [0, 0.1) is 23.2 Å². The fraction of sp³-hybridized carbons (Fsp3) is 0.680. The van der Waals surface area contributed by atoms with Crippen LogP contribution in [0.4, 0.5) is 0 Å². The van der Waals surface area contributed by atoms with Crippen molar-refractivity contribution in [1.29, 1.82) is 0 Å². The number of hydrogen-bond acceptors (Lipinski definition) is 1. The maximum Gasteiger partial charge on any atom is 0.00985 e. The van der Waals surface area contributed by atoms with Gasteiger partial charge in [-0.1, -0.05) is 76.3 Å². The molecule has 0 saturated carbocycles. The Morgan fingerprint density at radius 3 is 2.50 bits per heavy atom. The molecule has 0 spiro atoms. The van der Waals surface area contributed by atoms with Gasteiger partial charge in [-0.25, -0.2) is 0 Å². The van der Waals surface area contributed by atoms with Crippen LogP contribution in [0.15, 0.2) is 48.6 Å². The van der Waals surface area contributed by atoms with Crippen molar-refractivity contribution in [3.8, 4) is 0 Å². The first kappa shape index (κ1) is 23.0. The molecule has 1 heterocycles. The minimum absolute atomic E-state index is 0.144. The molecule has 0 aliphatic carbocycles. The number of hydrogen-bond donors (Lipinski definition) is 1. The minimum Gasteiger partial charge on any atom is -0.313 e. The van der Waals surface area contributed by atoms with E-state index in [0.29, 0.717) is 17.9 Å². The minimum atomic E-state index is 0.144. The molecule has 5 atom stereocenters. The third kappa shape index (κ3) is 6.91. The molecule has 5 unspecified atom stereocenters. The van der Waals surface area contributed by atoms with Crippen LogP contribution in [0.5, 0.6) is 0 Å². The van der Waals surface area contributed by atoms with Crippen LogP contribution in [-0.2, 0) is 0 Å². The zero-order valence-corrected chi connectivity index (χ0v) is 18.3. The van der Waals surface area contributed by atoms with Gasteiger partial charge in [0.05, 0.1) is 0 Å². The zero-order valence-electron chi connectivity index (χ0n) is 18.3. The summed E-state index contributed by atoms with van der Waals surface area (Å²) in [7, 11) is 0. The molecule has 0 aromatic rings. The summed E-state index contributed by atoms with van der Waals surface area (Å²) in [6.45, 7) is 23.5. The summed E-state index contributed by atoms with van der Waals surface area (Å²) in [4.78, 5) is 0. The largest absolute Gasteiger partial charge is 0.313 e. The second kappa shape index (κ2) is 10.9. The molecule has 0 bridgehead atoms. The van der Waals surface area contributed by atoms with Crippen LogP contribution in [-0.4, -0.2) is 12.6 Å². The van der Waals surface area contributed by atoms with Gasteiger partial charge in [-0.3, -0.25) is 0 Å². The first-order valence-corrected chi connectivity index (χ1v) is 10.6. The molecule has 1 heteroatoms. The molecule has 0 radical (unpaired) electrons. The molecule has 1 saturated heterocycles. The van der Waals surface area contributed by atoms with Gasteiger partial charge >= 0.3 is 0 Å². The van der Waals surface area contributed by atoms with E-state index in [9.17, 15) is 0 Å². The Kier molecular flexibility index (Phi) is 9.64. The van der Waals surface area contributed by atoms with Gasteiger partial charge in [0.2, 0.25) is 0 Å². The van der Waals surface area contributed by atoms with Crippen LogP contribution in [0.2, 0.25) is 0 Å². The predicted octanol–water partition coefficient (Wildman–Crippen LogP) is 7.09. The van der Waals surface area contributed by atoms with Crippen molar-refractivity contribution in [2.75, 3.05) is 6.54 Å². The van der Waals surface area contributed by atoms with Crippen molar-refractivity contribution in [2.45, 2.75) is 79.7 Å². The predicted molar refractivity (Wildman–Crippen MR) is 118 cm³/mol. The van der Waals surface area contributed by atoms with Gasteiger partial charge in [-0.05, 0) is 75.7 Å². The molecule has 1 aliphatic heterocycles. The highest BCUT2D eigenvalue weighted by molar-refractivity contribution is 5.13. The topological polar surface area (TPSA) is 12.0 Å². The lowest BCUT2D eigenvalue weighted by Crippen LogP contribution is -2.36. The fourth-order valence-electron chi connectivity index (χ4n) is 4.26. The molecule has 0 amide bonds. The van der Waals surface area contributed by atoms with Gasteiger partial charge in [-0.15, -0.1) is 0 Å². The zero-order chi connectivity index (χ0) is 19.7. The van der Waals surface area contributed by atoms with Crippen molar-refractivity contribution >= 4 is 0 Å². The quantitative estimate of drug-likeness (QED) is 0.307. The van der Waals surface area contributed by atoms with Crippen LogP contribution in [0.1, 0.15) is 73.6 Å². The van der Waals surface area contributed by atoms with Gasteiger partial charge in [0.25, 0.3) is 0 Å². The van der Waals surface area contributed by atoms with Crippen LogP contribution >= 0.6 is 0 Å². The summed E-state index contributed by atoms with van der Waals surface area (Å²) >= 11 is 0. The molecular formula is C25H43N. The van der Waals surface area contributed by atoms with Gasteiger partial charge in [0.15, 0.2) is 0 Å². The van der Waals surface area contributed by atoms with E-state index in [1.807, 2.05) is 0 Å². The first-order chi connectivity index (χ1) is 12.2. The van der Waals surface area contributed by atoms with Gasteiger partial charge in [-0.2, -0.15) is 0 Å². The van der Waals surface area contributed by atoms with Crippen molar-refractivity contribution < 1.29 is 0 Å². The third-order valence-corrected chi connectivity index (χ3v) is 6.52. The van der Waals surface area contributed by atoms with Gasteiger partial charge in [0.1, 0.15) is 0 Å². The Labute approximate surface area is 163 Å². The van der Waals surface area contributed by atoms with Crippen molar-refractivity contribution in [3.05, 3.63) is 48.6 Å². The summed E-state index contributed by atoms with van der Waals surface area (Å²) in [6.07, 6.45) is 14.5. The Hall–Kier alpha value is -1.08. The molecule has 26 heavy (non-hydrogen) atoms. The van der Waals surface area contributed by atoms with Gasteiger partial charge in [0, 0.05) is 6.04 Å².